The number of sulfonamides is 1. The van der Waals surface area contributed by atoms with E-state index in [2.05, 4.69) is 21.6 Å². The van der Waals surface area contributed by atoms with Crippen molar-refractivity contribution in [3.05, 3.63) is 77.7 Å². The van der Waals surface area contributed by atoms with Crippen molar-refractivity contribution in [3.63, 3.8) is 0 Å². The van der Waals surface area contributed by atoms with Crippen LogP contribution in [-0.2, 0) is 10.0 Å². The van der Waals surface area contributed by atoms with Gasteiger partial charge < -0.3 is 0 Å². The number of nitrogens with one attached hydrogen (secondary N) is 2. The van der Waals surface area contributed by atoms with E-state index in [0.29, 0.717) is 10.7 Å². The van der Waals surface area contributed by atoms with Gasteiger partial charge in [-0.2, -0.15) is 0 Å². The molecule has 2 N–H and O–H groups in total. The Hall–Kier alpha value is -2.81. The van der Waals surface area contributed by atoms with Gasteiger partial charge in [-0.1, -0.05) is 35.9 Å². The third-order valence-electron chi connectivity index (χ3n) is 3.92. The fraction of sp³-hybridized carbons (Fsp3) is 0.100. The fourth-order valence-corrected chi connectivity index (χ4v) is 4.11. The fourth-order valence-electron chi connectivity index (χ4n) is 2.39. The van der Waals surface area contributed by atoms with Gasteiger partial charge in [0.05, 0.1) is 10.6 Å². The lowest BCUT2D eigenvalue weighted by Crippen LogP contribution is -2.23. The summed E-state index contributed by atoms with van der Waals surface area (Å²) in [6.07, 6.45) is 1.46. The van der Waals surface area contributed by atoms with E-state index in [4.69, 9.17) is 0 Å². The van der Waals surface area contributed by atoms with Gasteiger partial charge >= 0.3 is 0 Å². The summed E-state index contributed by atoms with van der Waals surface area (Å²) in [6.45, 7) is 5.63. The average Bonchev–Trinajstić information content (AvgIpc) is 3.15. The van der Waals surface area contributed by atoms with Crippen LogP contribution in [0.15, 0.2) is 71.5 Å². The first kappa shape index (κ1) is 19.9. The number of rotatable bonds is 7. The van der Waals surface area contributed by atoms with Crippen LogP contribution in [-0.4, -0.2) is 25.9 Å². The first-order valence-electron chi connectivity index (χ1n) is 8.43. The van der Waals surface area contributed by atoms with E-state index in [1.165, 1.54) is 41.7 Å². The molecule has 0 spiro atoms. The van der Waals surface area contributed by atoms with Crippen molar-refractivity contribution in [2.75, 3.05) is 11.9 Å². The van der Waals surface area contributed by atoms with Gasteiger partial charge in [-0.3, -0.25) is 10.1 Å². The number of amides is 1. The Kier molecular flexibility index (Phi) is 6.03. The van der Waals surface area contributed by atoms with Crippen molar-refractivity contribution in [1.82, 2.24) is 9.71 Å². The van der Waals surface area contributed by atoms with Gasteiger partial charge in [-0.15, -0.1) is 17.9 Å². The number of hydrogen-bond acceptors (Lipinski definition) is 5. The van der Waals surface area contributed by atoms with Crippen LogP contribution in [0.3, 0.4) is 0 Å². The van der Waals surface area contributed by atoms with Gasteiger partial charge in [0.15, 0.2) is 5.13 Å². The molecular weight excluding hydrogens is 394 g/mol. The third-order valence-corrected chi connectivity index (χ3v) is 6.11. The molecule has 8 heteroatoms. The van der Waals surface area contributed by atoms with E-state index in [9.17, 15) is 13.2 Å². The second-order valence-electron chi connectivity index (χ2n) is 6.02. The molecule has 0 fully saturated rings. The van der Waals surface area contributed by atoms with Gasteiger partial charge in [0.1, 0.15) is 0 Å². The number of benzene rings is 2. The normalized spacial score (nSPS) is 11.2. The Balaban J connectivity index is 1.70. The highest BCUT2D eigenvalue weighted by Crippen LogP contribution is 2.25. The van der Waals surface area contributed by atoms with Crippen LogP contribution in [0.5, 0.6) is 0 Å². The summed E-state index contributed by atoms with van der Waals surface area (Å²) >= 11 is 1.33. The number of hydrogen-bond donors (Lipinski definition) is 2. The highest BCUT2D eigenvalue weighted by molar-refractivity contribution is 7.89. The SMILES string of the molecule is C=CCNS(=O)(=O)c1ccc(C(=O)Nc2nc(-c3ccc(C)cc3)cs2)cc1. The molecule has 2 aromatic carbocycles. The van der Waals surface area contributed by atoms with Crippen LogP contribution >= 0.6 is 11.3 Å². The molecule has 1 amide bonds. The Labute approximate surface area is 168 Å². The lowest BCUT2D eigenvalue weighted by atomic mass is 10.1. The first-order chi connectivity index (χ1) is 13.4. The van der Waals surface area contributed by atoms with Gasteiger partial charge in [0, 0.05) is 23.1 Å². The molecule has 3 aromatic rings. The van der Waals surface area contributed by atoms with Crippen LogP contribution < -0.4 is 10.0 Å². The van der Waals surface area contributed by atoms with Gasteiger partial charge in [-0.05, 0) is 31.2 Å². The van der Waals surface area contributed by atoms with Crippen LogP contribution in [0, 0.1) is 6.92 Å². The zero-order valence-corrected chi connectivity index (χ0v) is 16.8. The number of thiazole rings is 1. The van der Waals surface area contributed by atoms with E-state index in [0.717, 1.165) is 16.8 Å². The highest BCUT2D eigenvalue weighted by atomic mass is 32.2. The molecule has 3 rings (SSSR count). The molecule has 0 radical (unpaired) electrons. The Morgan fingerprint density at radius 2 is 1.82 bits per heavy atom. The maximum absolute atomic E-state index is 12.4. The third kappa shape index (κ3) is 4.72. The molecule has 0 aliphatic heterocycles. The largest absolute Gasteiger partial charge is 0.298 e. The minimum atomic E-state index is -3.62. The van der Waals surface area contributed by atoms with Crippen molar-refractivity contribution >= 4 is 32.4 Å². The van der Waals surface area contributed by atoms with Gasteiger partial charge in [-0.25, -0.2) is 18.1 Å². The molecular formula is C20H19N3O3S2. The minimum absolute atomic E-state index is 0.0850. The topological polar surface area (TPSA) is 88.2 Å². The Morgan fingerprint density at radius 1 is 1.14 bits per heavy atom. The van der Waals surface area contributed by atoms with Gasteiger partial charge in [0.25, 0.3) is 5.91 Å². The van der Waals surface area contributed by atoms with E-state index in [1.54, 1.807) is 0 Å². The van der Waals surface area contributed by atoms with Crippen LogP contribution in [0.2, 0.25) is 0 Å². The molecule has 144 valence electrons. The zero-order valence-electron chi connectivity index (χ0n) is 15.2. The lowest BCUT2D eigenvalue weighted by molar-refractivity contribution is 0.102. The number of carbonyl (C=O) groups is 1. The minimum Gasteiger partial charge on any atom is -0.298 e. The van der Waals surface area contributed by atoms with Crippen molar-refractivity contribution < 1.29 is 13.2 Å². The van der Waals surface area contributed by atoms with Crippen LogP contribution in [0.1, 0.15) is 15.9 Å². The number of nitrogens with zero attached hydrogens (tertiary/aromatic N) is 1. The van der Waals surface area contributed by atoms with Crippen molar-refractivity contribution in [3.8, 4) is 11.3 Å². The summed E-state index contributed by atoms with van der Waals surface area (Å²) in [4.78, 5) is 16.9. The predicted octanol–water partition coefficient (Wildman–Crippen LogP) is 3.84. The second-order valence-corrected chi connectivity index (χ2v) is 8.65. The molecule has 0 unspecified atom stereocenters. The summed E-state index contributed by atoms with van der Waals surface area (Å²) in [5.41, 5.74) is 3.27. The predicted molar refractivity (Wildman–Crippen MR) is 112 cm³/mol. The molecule has 0 aliphatic carbocycles. The summed E-state index contributed by atoms with van der Waals surface area (Å²) < 4.78 is 26.5. The quantitative estimate of drug-likeness (QED) is 0.576. The number of anilines is 1. The van der Waals surface area contributed by atoms with Crippen LogP contribution in [0.4, 0.5) is 5.13 Å². The Bertz CT molecular complexity index is 1090. The molecule has 1 aromatic heterocycles. The van der Waals surface area contributed by atoms with Crippen molar-refractivity contribution in [2.24, 2.45) is 0 Å². The molecule has 1 heterocycles. The van der Waals surface area contributed by atoms with Crippen molar-refractivity contribution in [2.45, 2.75) is 11.8 Å². The van der Waals surface area contributed by atoms with E-state index < -0.39 is 10.0 Å². The monoisotopic (exact) mass is 413 g/mol. The molecule has 0 bridgehead atoms. The Morgan fingerprint density at radius 3 is 2.46 bits per heavy atom. The first-order valence-corrected chi connectivity index (χ1v) is 10.8. The number of aromatic nitrogens is 1. The van der Waals surface area contributed by atoms with E-state index in [-0.39, 0.29) is 17.3 Å². The van der Waals surface area contributed by atoms with Gasteiger partial charge in [0.2, 0.25) is 10.0 Å². The number of carbonyl (C=O) groups excluding carboxylic acids is 1. The smallest absolute Gasteiger partial charge is 0.257 e. The summed E-state index contributed by atoms with van der Waals surface area (Å²) in [5.74, 6) is -0.354. The maximum atomic E-state index is 12.4. The van der Waals surface area contributed by atoms with Crippen LogP contribution in [0.25, 0.3) is 11.3 Å². The summed E-state index contributed by atoms with van der Waals surface area (Å²) in [5, 5.41) is 5.10. The molecule has 0 saturated heterocycles. The highest BCUT2D eigenvalue weighted by Gasteiger charge is 2.15. The zero-order chi connectivity index (χ0) is 20.1. The summed E-state index contributed by atoms with van der Waals surface area (Å²) in [6, 6.07) is 13.7. The lowest BCUT2D eigenvalue weighted by Gasteiger charge is -2.06. The van der Waals surface area contributed by atoms with E-state index in [1.807, 2.05) is 36.6 Å². The maximum Gasteiger partial charge on any atom is 0.257 e. The molecule has 0 aliphatic rings. The standard InChI is InChI=1S/C20H19N3O3S2/c1-3-12-21-28(25,26)17-10-8-16(9-11-17)19(24)23-20-22-18(13-27-20)15-6-4-14(2)5-7-15/h3-11,13,21H,1,12H2,2H3,(H,22,23,24). The molecule has 0 saturated carbocycles. The molecule has 6 nitrogen and oxygen atoms in total. The summed E-state index contributed by atoms with van der Waals surface area (Å²) in [7, 11) is -3.62. The average molecular weight is 414 g/mol. The molecule has 0 atom stereocenters. The van der Waals surface area contributed by atoms with E-state index >= 15 is 0 Å². The second kappa shape index (κ2) is 8.47. The van der Waals surface area contributed by atoms with Crippen molar-refractivity contribution in [1.29, 1.82) is 0 Å². The molecule has 28 heavy (non-hydrogen) atoms. The number of aryl methyl sites for hydroxylation is 1.